The van der Waals surface area contributed by atoms with Crippen molar-refractivity contribution in [2.24, 2.45) is 0 Å². The maximum Gasteiger partial charge on any atom is 0.338 e. The van der Waals surface area contributed by atoms with E-state index in [0.29, 0.717) is 37.3 Å². The summed E-state index contributed by atoms with van der Waals surface area (Å²) in [5.41, 5.74) is 6.81. The van der Waals surface area contributed by atoms with E-state index in [4.69, 9.17) is 14.2 Å². The Balaban J connectivity index is 1.80. The van der Waals surface area contributed by atoms with E-state index < -0.39 is 0 Å². The monoisotopic (exact) mass is 373 g/mol. The number of hydrogen-bond donors (Lipinski definition) is 1. The van der Waals surface area contributed by atoms with Gasteiger partial charge in [0, 0.05) is 29.5 Å². The minimum Gasteiger partial charge on any atom is -0.485 e. The van der Waals surface area contributed by atoms with Crippen LogP contribution in [0.5, 0.6) is 5.75 Å². The van der Waals surface area contributed by atoms with E-state index in [0.717, 1.165) is 28.6 Å². The van der Waals surface area contributed by atoms with Crippen LogP contribution in [0.1, 0.15) is 41.4 Å². The summed E-state index contributed by atoms with van der Waals surface area (Å²) in [7, 11) is 0. The van der Waals surface area contributed by atoms with E-state index in [9.17, 15) is 9.59 Å². The largest absolute Gasteiger partial charge is 0.485 e. The summed E-state index contributed by atoms with van der Waals surface area (Å²) >= 11 is 0. The van der Waals surface area contributed by atoms with Crippen molar-refractivity contribution in [3.05, 3.63) is 35.0 Å². The van der Waals surface area contributed by atoms with E-state index in [1.165, 1.54) is 0 Å². The first-order chi connectivity index (χ1) is 13.0. The average Bonchev–Trinajstić information content (AvgIpc) is 3.10. The highest BCUT2D eigenvalue weighted by Crippen LogP contribution is 2.37. The number of pyridine rings is 1. The fraction of sp³-hybridized carbons (Fsp3) is 0.450. The Bertz CT molecular complexity index is 865. The second kappa shape index (κ2) is 8.35. The third-order valence-corrected chi connectivity index (χ3v) is 4.53. The number of quaternary nitrogens is 1. The first kappa shape index (κ1) is 19.1. The molecule has 1 atom stereocenters. The zero-order chi connectivity index (χ0) is 19.4. The molecule has 0 unspecified atom stereocenters. The van der Waals surface area contributed by atoms with Crippen LogP contribution in [0.15, 0.2) is 18.2 Å². The number of aromatic nitrogens is 1. The Hall–Kier alpha value is -2.67. The third-order valence-electron chi connectivity index (χ3n) is 4.53. The highest BCUT2D eigenvalue weighted by molar-refractivity contribution is 5.97. The fourth-order valence-electron chi connectivity index (χ4n) is 3.16. The van der Waals surface area contributed by atoms with Crippen LogP contribution >= 0.6 is 0 Å². The number of benzene rings is 1. The van der Waals surface area contributed by atoms with Gasteiger partial charge in [0.1, 0.15) is 18.5 Å². The van der Waals surface area contributed by atoms with E-state index in [1.807, 2.05) is 6.92 Å². The number of rotatable bonds is 7. The maximum absolute atomic E-state index is 12.0. The Kier molecular flexibility index (Phi) is 5.91. The van der Waals surface area contributed by atoms with Crippen molar-refractivity contribution in [3.63, 3.8) is 0 Å². The van der Waals surface area contributed by atoms with Crippen LogP contribution in [0.25, 0.3) is 10.9 Å². The topological polar surface area (TPSA) is 102 Å². The standard InChI is InChI=1S/C20H24N2O5/c1-3-25-20(24)13-6-7-17-16(9-13)19-15(12(2)22-17)10-14(27-19)11-26-18(23)5-4-8-21/h6-7,9,14H,3-5,8,10-11,21H2,1-2H3/p+1/t14-/m1/s1. The molecular weight excluding hydrogens is 348 g/mol. The first-order valence-corrected chi connectivity index (χ1v) is 9.25. The Morgan fingerprint density at radius 1 is 1.33 bits per heavy atom. The van der Waals surface area contributed by atoms with Crippen molar-refractivity contribution in [2.45, 2.75) is 39.2 Å². The molecule has 1 aliphatic rings. The minimum atomic E-state index is -0.373. The number of aryl methyl sites for hydroxylation is 1. The second-order valence-corrected chi connectivity index (χ2v) is 6.54. The molecule has 27 heavy (non-hydrogen) atoms. The fourth-order valence-corrected chi connectivity index (χ4v) is 3.16. The number of esters is 2. The SMILES string of the molecule is CCOC(=O)c1ccc2nc(C)c3c(c2c1)O[C@@H](COC(=O)CCC[NH3+])C3. The molecule has 0 saturated carbocycles. The third kappa shape index (κ3) is 4.19. The Labute approximate surface area is 157 Å². The van der Waals surface area contributed by atoms with Crippen molar-refractivity contribution in [3.8, 4) is 5.75 Å². The van der Waals surface area contributed by atoms with Crippen molar-refractivity contribution >= 4 is 22.8 Å². The Morgan fingerprint density at radius 3 is 2.89 bits per heavy atom. The molecule has 0 amide bonds. The van der Waals surface area contributed by atoms with Crippen molar-refractivity contribution in [1.82, 2.24) is 4.98 Å². The van der Waals surface area contributed by atoms with Crippen LogP contribution in [0.4, 0.5) is 0 Å². The van der Waals surface area contributed by atoms with Crippen LogP contribution in [0.2, 0.25) is 0 Å². The lowest BCUT2D eigenvalue weighted by Crippen LogP contribution is -2.50. The molecule has 1 aromatic carbocycles. The first-order valence-electron chi connectivity index (χ1n) is 9.25. The zero-order valence-electron chi connectivity index (χ0n) is 15.7. The van der Waals surface area contributed by atoms with Gasteiger partial charge >= 0.3 is 11.9 Å². The number of ether oxygens (including phenoxy) is 3. The smallest absolute Gasteiger partial charge is 0.338 e. The molecule has 0 fully saturated rings. The molecule has 0 saturated heterocycles. The maximum atomic E-state index is 12.0. The predicted octanol–water partition coefficient (Wildman–Crippen LogP) is 1.59. The van der Waals surface area contributed by atoms with Gasteiger partial charge in [-0.25, -0.2) is 4.79 Å². The summed E-state index contributed by atoms with van der Waals surface area (Å²) < 4.78 is 16.5. The molecule has 2 heterocycles. The van der Waals surface area contributed by atoms with Gasteiger partial charge in [-0.15, -0.1) is 0 Å². The van der Waals surface area contributed by atoms with Crippen LogP contribution in [0, 0.1) is 6.92 Å². The zero-order valence-corrected chi connectivity index (χ0v) is 15.7. The normalized spacial score (nSPS) is 15.3. The van der Waals surface area contributed by atoms with Crippen LogP contribution < -0.4 is 10.5 Å². The lowest BCUT2D eigenvalue weighted by atomic mass is 10.0. The van der Waals surface area contributed by atoms with Crippen molar-refractivity contribution < 1.29 is 29.5 Å². The molecule has 7 heteroatoms. The molecule has 7 nitrogen and oxygen atoms in total. The lowest BCUT2D eigenvalue weighted by Gasteiger charge is -2.12. The summed E-state index contributed by atoms with van der Waals surface area (Å²) in [6.45, 7) is 4.93. The summed E-state index contributed by atoms with van der Waals surface area (Å²) in [6.07, 6.45) is 1.46. The van der Waals surface area contributed by atoms with Gasteiger partial charge in [0.25, 0.3) is 0 Å². The van der Waals surface area contributed by atoms with Gasteiger partial charge in [0.2, 0.25) is 0 Å². The van der Waals surface area contributed by atoms with Gasteiger partial charge < -0.3 is 19.9 Å². The van der Waals surface area contributed by atoms with Crippen LogP contribution in [-0.2, 0) is 20.7 Å². The molecule has 0 radical (unpaired) electrons. The summed E-state index contributed by atoms with van der Waals surface area (Å²) in [5, 5.41) is 0.770. The van der Waals surface area contributed by atoms with Gasteiger partial charge in [0.05, 0.1) is 30.7 Å². The van der Waals surface area contributed by atoms with E-state index in [1.54, 1.807) is 25.1 Å². The van der Waals surface area contributed by atoms with Gasteiger partial charge in [-0.1, -0.05) is 0 Å². The van der Waals surface area contributed by atoms with Gasteiger partial charge in [0.15, 0.2) is 0 Å². The van der Waals surface area contributed by atoms with E-state index in [-0.39, 0.29) is 24.6 Å². The summed E-state index contributed by atoms with van der Waals surface area (Å²) in [6, 6.07) is 5.25. The molecule has 1 aromatic heterocycles. The quantitative estimate of drug-likeness (QED) is 0.740. The van der Waals surface area contributed by atoms with Gasteiger partial charge in [-0.05, 0) is 32.0 Å². The highest BCUT2D eigenvalue weighted by Gasteiger charge is 2.29. The molecule has 0 aliphatic carbocycles. The number of fused-ring (bicyclic) bond motifs is 3. The van der Waals surface area contributed by atoms with Gasteiger partial charge in [-0.2, -0.15) is 0 Å². The molecule has 0 bridgehead atoms. The van der Waals surface area contributed by atoms with E-state index >= 15 is 0 Å². The predicted molar refractivity (Wildman–Crippen MR) is 98.5 cm³/mol. The number of nitrogens with zero attached hydrogens (tertiary/aromatic N) is 1. The molecule has 3 N–H and O–H groups in total. The van der Waals surface area contributed by atoms with Gasteiger partial charge in [-0.3, -0.25) is 9.78 Å². The number of hydrogen-bond acceptors (Lipinski definition) is 6. The van der Waals surface area contributed by atoms with Crippen LogP contribution in [-0.4, -0.2) is 42.8 Å². The molecule has 0 spiro atoms. The molecule has 1 aliphatic heterocycles. The molecule has 2 aromatic rings. The van der Waals surface area contributed by atoms with Crippen LogP contribution in [0.3, 0.4) is 0 Å². The van der Waals surface area contributed by atoms with E-state index in [2.05, 4.69) is 10.7 Å². The number of carbonyl (C=O) groups is 2. The molecule has 144 valence electrons. The summed E-state index contributed by atoms with van der Waals surface area (Å²) in [4.78, 5) is 28.4. The number of carbonyl (C=O) groups excluding carboxylic acids is 2. The molecule has 3 rings (SSSR count). The summed E-state index contributed by atoms with van der Waals surface area (Å²) in [5.74, 6) is 0.104. The van der Waals surface area contributed by atoms with Crippen molar-refractivity contribution in [1.29, 1.82) is 0 Å². The second-order valence-electron chi connectivity index (χ2n) is 6.54. The molecular formula is C20H25N2O5+. The van der Waals surface area contributed by atoms with Crippen molar-refractivity contribution in [2.75, 3.05) is 19.8 Å². The Morgan fingerprint density at radius 2 is 2.15 bits per heavy atom. The minimum absolute atomic E-state index is 0.198. The lowest BCUT2D eigenvalue weighted by molar-refractivity contribution is -0.368. The average molecular weight is 373 g/mol. The highest BCUT2D eigenvalue weighted by atomic mass is 16.6.